The Balaban J connectivity index is 2.46. The van der Waals surface area contributed by atoms with Crippen LogP contribution < -0.4 is 4.72 Å². The number of anilines is 1. The van der Waals surface area contributed by atoms with Gasteiger partial charge in [-0.2, -0.15) is 4.31 Å². The number of nitrogens with zero attached hydrogens (tertiary/aromatic N) is 1. The number of hydrogen-bond acceptors (Lipinski definition) is 4. The zero-order valence-corrected chi connectivity index (χ0v) is 17.9. The van der Waals surface area contributed by atoms with Crippen molar-refractivity contribution in [2.24, 2.45) is 0 Å². The number of benzene rings is 2. The minimum absolute atomic E-state index is 0.0644. The maximum absolute atomic E-state index is 12.8. The first-order valence-corrected chi connectivity index (χ1v) is 11.7. The lowest BCUT2D eigenvalue weighted by Gasteiger charge is -2.19. The molecule has 0 unspecified atom stereocenters. The molecule has 0 atom stereocenters. The fourth-order valence-corrected chi connectivity index (χ4v) is 5.36. The van der Waals surface area contributed by atoms with E-state index < -0.39 is 20.0 Å². The second-order valence-electron chi connectivity index (χ2n) is 6.42. The van der Waals surface area contributed by atoms with Gasteiger partial charge in [-0.3, -0.25) is 4.72 Å². The van der Waals surface area contributed by atoms with Crippen LogP contribution in [0, 0.1) is 20.8 Å². The van der Waals surface area contributed by atoms with Gasteiger partial charge in [0, 0.05) is 13.1 Å². The first-order valence-electron chi connectivity index (χ1n) is 8.73. The highest BCUT2D eigenvalue weighted by Crippen LogP contribution is 2.26. The van der Waals surface area contributed by atoms with E-state index in [1.54, 1.807) is 39.0 Å². The van der Waals surface area contributed by atoms with Gasteiger partial charge in [0.25, 0.3) is 10.0 Å². The van der Waals surface area contributed by atoms with Gasteiger partial charge in [0.15, 0.2) is 0 Å². The van der Waals surface area contributed by atoms with E-state index in [2.05, 4.69) is 4.72 Å². The summed E-state index contributed by atoms with van der Waals surface area (Å²) in [6.45, 7) is 9.69. The smallest absolute Gasteiger partial charge is 0.261 e. The number of rotatable bonds is 7. The largest absolute Gasteiger partial charge is 0.279 e. The lowest BCUT2D eigenvalue weighted by molar-refractivity contribution is 0.445. The summed E-state index contributed by atoms with van der Waals surface area (Å²) < 4.78 is 54.8. The molecule has 0 aliphatic heterocycles. The van der Waals surface area contributed by atoms with Crippen LogP contribution in [0.4, 0.5) is 5.69 Å². The van der Waals surface area contributed by atoms with E-state index in [0.29, 0.717) is 18.7 Å². The molecule has 0 saturated carbocycles. The fraction of sp³-hybridized carbons (Fsp3) is 0.368. The van der Waals surface area contributed by atoms with Gasteiger partial charge in [-0.25, -0.2) is 16.8 Å². The molecule has 0 aliphatic carbocycles. The van der Waals surface area contributed by atoms with Gasteiger partial charge in [-0.1, -0.05) is 26.0 Å². The normalized spacial score (nSPS) is 12.4. The zero-order chi connectivity index (χ0) is 20.4. The van der Waals surface area contributed by atoms with Crippen molar-refractivity contribution in [3.05, 3.63) is 53.1 Å². The minimum atomic E-state index is -3.83. The lowest BCUT2D eigenvalue weighted by atomic mass is 10.1. The fourth-order valence-electron chi connectivity index (χ4n) is 2.67. The standard InChI is InChI=1S/C19H26N2O4S2/c1-6-21(7-2)27(24,25)18-11-9-15(4)19(13-18)20-26(22,23)17-10-8-14(3)16(5)12-17/h8-13,20H,6-7H2,1-5H3. The predicted molar refractivity (Wildman–Crippen MR) is 108 cm³/mol. The first-order chi connectivity index (χ1) is 12.5. The van der Waals surface area contributed by atoms with Gasteiger partial charge in [0.05, 0.1) is 15.5 Å². The second kappa shape index (κ2) is 8.00. The lowest BCUT2D eigenvalue weighted by Crippen LogP contribution is -2.30. The van der Waals surface area contributed by atoms with Crippen molar-refractivity contribution in [3.8, 4) is 0 Å². The molecule has 2 rings (SSSR count). The van der Waals surface area contributed by atoms with E-state index >= 15 is 0 Å². The number of hydrogen-bond donors (Lipinski definition) is 1. The van der Waals surface area contributed by atoms with Crippen LogP contribution in [0.5, 0.6) is 0 Å². The molecule has 0 heterocycles. The molecule has 0 bridgehead atoms. The van der Waals surface area contributed by atoms with Crippen LogP contribution in [0.1, 0.15) is 30.5 Å². The van der Waals surface area contributed by atoms with Crippen molar-refractivity contribution < 1.29 is 16.8 Å². The highest BCUT2D eigenvalue weighted by Gasteiger charge is 2.23. The van der Waals surface area contributed by atoms with Crippen LogP contribution in [0.2, 0.25) is 0 Å². The predicted octanol–water partition coefficient (Wildman–Crippen LogP) is 3.44. The topological polar surface area (TPSA) is 83.6 Å². The average Bonchev–Trinajstić information content (AvgIpc) is 2.59. The van der Waals surface area contributed by atoms with Crippen LogP contribution in [0.25, 0.3) is 0 Å². The van der Waals surface area contributed by atoms with Gasteiger partial charge in [0.1, 0.15) is 0 Å². The summed E-state index contributed by atoms with van der Waals surface area (Å²) in [5.41, 5.74) is 2.76. The highest BCUT2D eigenvalue weighted by atomic mass is 32.2. The minimum Gasteiger partial charge on any atom is -0.279 e. The summed E-state index contributed by atoms with van der Waals surface area (Å²) >= 11 is 0. The number of nitrogens with one attached hydrogen (secondary N) is 1. The molecule has 2 aromatic rings. The van der Waals surface area contributed by atoms with Crippen LogP contribution in [0.3, 0.4) is 0 Å². The van der Waals surface area contributed by atoms with Crippen LogP contribution >= 0.6 is 0 Å². The highest BCUT2D eigenvalue weighted by molar-refractivity contribution is 7.92. The maximum atomic E-state index is 12.8. The summed E-state index contributed by atoms with van der Waals surface area (Å²) in [5, 5.41) is 0. The Labute approximate surface area is 162 Å². The van der Waals surface area contributed by atoms with Crippen molar-refractivity contribution in [2.75, 3.05) is 17.8 Å². The van der Waals surface area contributed by atoms with E-state index in [-0.39, 0.29) is 15.5 Å². The molecular weight excluding hydrogens is 384 g/mol. The summed E-state index contributed by atoms with van der Waals surface area (Å²) in [4.78, 5) is 0.205. The molecule has 8 heteroatoms. The Bertz CT molecular complexity index is 1040. The molecular formula is C19H26N2O4S2. The van der Waals surface area contributed by atoms with Crippen molar-refractivity contribution in [2.45, 2.75) is 44.4 Å². The number of aryl methyl sites for hydroxylation is 3. The summed E-state index contributed by atoms with van der Waals surface area (Å²) in [6.07, 6.45) is 0. The van der Waals surface area contributed by atoms with Gasteiger partial charge >= 0.3 is 0 Å². The summed E-state index contributed by atoms with van der Waals surface area (Å²) in [5.74, 6) is 0. The van der Waals surface area contributed by atoms with Crippen molar-refractivity contribution in [1.82, 2.24) is 4.31 Å². The quantitative estimate of drug-likeness (QED) is 0.758. The molecule has 0 saturated heterocycles. The Morgan fingerprint density at radius 1 is 0.778 bits per heavy atom. The van der Waals surface area contributed by atoms with E-state index in [0.717, 1.165) is 11.1 Å². The maximum Gasteiger partial charge on any atom is 0.261 e. The van der Waals surface area contributed by atoms with Gasteiger partial charge in [-0.15, -0.1) is 0 Å². The monoisotopic (exact) mass is 410 g/mol. The van der Waals surface area contributed by atoms with E-state index in [4.69, 9.17) is 0 Å². The van der Waals surface area contributed by atoms with E-state index in [9.17, 15) is 16.8 Å². The number of sulfonamides is 2. The molecule has 0 amide bonds. The molecule has 1 N–H and O–H groups in total. The summed E-state index contributed by atoms with van der Waals surface area (Å²) in [7, 11) is -7.50. The van der Waals surface area contributed by atoms with Crippen molar-refractivity contribution in [3.63, 3.8) is 0 Å². The van der Waals surface area contributed by atoms with E-state index in [1.807, 2.05) is 13.8 Å². The Morgan fingerprint density at radius 3 is 1.89 bits per heavy atom. The van der Waals surface area contributed by atoms with Crippen molar-refractivity contribution in [1.29, 1.82) is 0 Å². The summed E-state index contributed by atoms with van der Waals surface area (Å²) in [6, 6.07) is 9.37. The molecule has 6 nitrogen and oxygen atoms in total. The average molecular weight is 411 g/mol. The SMILES string of the molecule is CCN(CC)S(=O)(=O)c1ccc(C)c(NS(=O)(=O)c2ccc(C)c(C)c2)c1. The first kappa shape index (κ1) is 21.4. The third kappa shape index (κ3) is 4.51. The third-order valence-electron chi connectivity index (χ3n) is 4.59. The molecule has 27 heavy (non-hydrogen) atoms. The molecule has 0 fully saturated rings. The molecule has 0 spiro atoms. The molecule has 148 valence electrons. The Morgan fingerprint density at radius 2 is 1.33 bits per heavy atom. The third-order valence-corrected chi connectivity index (χ3v) is 7.99. The van der Waals surface area contributed by atoms with Gasteiger partial charge in [-0.05, 0) is 61.7 Å². The molecule has 0 aromatic heterocycles. The van der Waals surface area contributed by atoms with Gasteiger partial charge < -0.3 is 0 Å². The second-order valence-corrected chi connectivity index (χ2v) is 10.0. The Hall–Kier alpha value is -1.90. The molecule has 0 radical (unpaired) electrons. The van der Waals surface area contributed by atoms with Crippen LogP contribution in [0.15, 0.2) is 46.2 Å². The van der Waals surface area contributed by atoms with E-state index in [1.165, 1.54) is 22.5 Å². The Kier molecular flexibility index (Phi) is 6.34. The molecule has 0 aliphatic rings. The van der Waals surface area contributed by atoms with Gasteiger partial charge in [0.2, 0.25) is 10.0 Å². The zero-order valence-electron chi connectivity index (χ0n) is 16.3. The molecule has 2 aromatic carbocycles. The van der Waals surface area contributed by atoms with Crippen LogP contribution in [-0.4, -0.2) is 34.2 Å². The van der Waals surface area contributed by atoms with Crippen molar-refractivity contribution >= 4 is 25.7 Å². The van der Waals surface area contributed by atoms with Crippen LogP contribution in [-0.2, 0) is 20.0 Å².